The summed E-state index contributed by atoms with van der Waals surface area (Å²) in [5.74, 6) is 0. The fourth-order valence-electron chi connectivity index (χ4n) is 0.760. The highest BCUT2D eigenvalue weighted by atomic mass is 32.1. The van der Waals surface area contributed by atoms with Gasteiger partial charge in [-0.05, 0) is 36.5 Å². The van der Waals surface area contributed by atoms with Gasteiger partial charge in [-0.1, -0.05) is 11.4 Å². The van der Waals surface area contributed by atoms with Crippen molar-refractivity contribution in [1.82, 2.24) is 9.59 Å². The van der Waals surface area contributed by atoms with E-state index in [0.29, 0.717) is 0 Å². The lowest BCUT2D eigenvalue weighted by Crippen LogP contribution is -1.81. The zero-order valence-corrected chi connectivity index (χ0v) is 7.89. The molecule has 0 aliphatic rings. The molecule has 12 heavy (non-hydrogen) atoms. The van der Waals surface area contributed by atoms with Crippen molar-refractivity contribution in [3.63, 3.8) is 0 Å². The third kappa shape index (κ3) is 1.98. The van der Waals surface area contributed by atoms with Gasteiger partial charge in [0, 0.05) is 0 Å². The molecule has 1 rings (SSSR count). The van der Waals surface area contributed by atoms with Gasteiger partial charge in [-0.3, -0.25) is 4.79 Å². The molecule has 1 aromatic rings. The summed E-state index contributed by atoms with van der Waals surface area (Å²) >= 11 is 1.31. The predicted octanol–water partition coefficient (Wildman–Crippen LogP) is 1.84. The van der Waals surface area contributed by atoms with Crippen molar-refractivity contribution in [2.24, 2.45) is 0 Å². The molecule has 0 N–H and O–H groups in total. The van der Waals surface area contributed by atoms with Crippen LogP contribution in [-0.2, 0) is 4.79 Å². The van der Waals surface area contributed by atoms with Crippen molar-refractivity contribution in [2.75, 3.05) is 0 Å². The van der Waals surface area contributed by atoms with E-state index in [0.717, 1.165) is 28.9 Å². The summed E-state index contributed by atoms with van der Waals surface area (Å²) in [5, 5.41) is 3.85. The number of nitrogens with zero attached hydrogens (tertiary/aromatic N) is 2. The molecule has 0 saturated carbocycles. The van der Waals surface area contributed by atoms with Crippen LogP contribution in [0.1, 0.15) is 23.9 Å². The number of carbonyl (C=O) groups is 1. The van der Waals surface area contributed by atoms with Crippen molar-refractivity contribution in [3.8, 4) is 0 Å². The van der Waals surface area contributed by atoms with Gasteiger partial charge < -0.3 is 0 Å². The molecular formula is C8H10N2OS. The Morgan fingerprint density at radius 2 is 2.42 bits per heavy atom. The van der Waals surface area contributed by atoms with E-state index in [4.69, 9.17) is 0 Å². The Morgan fingerprint density at radius 1 is 1.67 bits per heavy atom. The van der Waals surface area contributed by atoms with Gasteiger partial charge in [0.2, 0.25) is 0 Å². The fourth-order valence-corrected chi connectivity index (χ4v) is 1.39. The highest BCUT2D eigenvalue weighted by Crippen LogP contribution is 2.14. The Kier molecular flexibility index (Phi) is 3.10. The van der Waals surface area contributed by atoms with Gasteiger partial charge in [0.1, 0.15) is 6.29 Å². The minimum atomic E-state index is 0.751. The van der Waals surface area contributed by atoms with Crippen LogP contribution in [0.15, 0.2) is 5.57 Å². The highest BCUT2D eigenvalue weighted by molar-refractivity contribution is 7.06. The van der Waals surface area contributed by atoms with E-state index in [1.165, 1.54) is 11.5 Å². The first-order valence-corrected chi connectivity index (χ1v) is 4.50. The molecule has 0 aliphatic heterocycles. The second-order valence-electron chi connectivity index (χ2n) is 2.41. The van der Waals surface area contributed by atoms with Crippen LogP contribution in [0.2, 0.25) is 0 Å². The van der Waals surface area contributed by atoms with Crippen molar-refractivity contribution >= 4 is 23.9 Å². The Bertz CT molecular complexity index is 304. The number of aryl methyl sites for hydroxylation is 1. The van der Waals surface area contributed by atoms with Crippen LogP contribution >= 0.6 is 11.5 Å². The second-order valence-corrected chi connectivity index (χ2v) is 3.20. The van der Waals surface area contributed by atoms with E-state index in [1.807, 2.05) is 19.9 Å². The van der Waals surface area contributed by atoms with E-state index < -0.39 is 0 Å². The van der Waals surface area contributed by atoms with E-state index in [2.05, 4.69) is 9.59 Å². The average Bonchev–Trinajstić information content (AvgIpc) is 2.47. The van der Waals surface area contributed by atoms with E-state index in [-0.39, 0.29) is 0 Å². The Hall–Kier alpha value is -1.03. The first kappa shape index (κ1) is 9.06. The molecule has 0 aliphatic carbocycles. The SMILES string of the molecule is CC/C(C=O)=C/c1snnc1C. The lowest BCUT2D eigenvalue weighted by molar-refractivity contribution is -0.104. The van der Waals surface area contributed by atoms with Crippen LogP contribution in [-0.4, -0.2) is 15.9 Å². The third-order valence-corrected chi connectivity index (χ3v) is 2.34. The quantitative estimate of drug-likeness (QED) is 0.529. The van der Waals surface area contributed by atoms with Gasteiger partial charge >= 0.3 is 0 Å². The molecule has 0 saturated heterocycles. The Labute approximate surface area is 75.3 Å². The van der Waals surface area contributed by atoms with Gasteiger partial charge in [0.25, 0.3) is 0 Å². The molecule has 1 aromatic heterocycles. The van der Waals surface area contributed by atoms with Crippen LogP contribution in [0, 0.1) is 6.92 Å². The molecular weight excluding hydrogens is 172 g/mol. The van der Waals surface area contributed by atoms with Gasteiger partial charge in [-0.25, -0.2) is 0 Å². The molecule has 0 unspecified atom stereocenters. The molecule has 0 fully saturated rings. The molecule has 0 aromatic carbocycles. The summed E-state index contributed by atoms with van der Waals surface area (Å²) in [4.78, 5) is 11.4. The smallest absolute Gasteiger partial charge is 0.146 e. The number of carbonyl (C=O) groups excluding carboxylic acids is 1. The zero-order chi connectivity index (χ0) is 8.97. The van der Waals surface area contributed by atoms with Crippen molar-refractivity contribution in [1.29, 1.82) is 0 Å². The fraction of sp³-hybridized carbons (Fsp3) is 0.375. The van der Waals surface area contributed by atoms with E-state index >= 15 is 0 Å². The summed E-state index contributed by atoms with van der Waals surface area (Å²) in [7, 11) is 0. The van der Waals surface area contributed by atoms with Gasteiger partial charge in [0.15, 0.2) is 0 Å². The number of aromatic nitrogens is 2. The van der Waals surface area contributed by atoms with Crippen molar-refractivity contribution in [2.45, 2.75) is 20.3 Å². The van der Waals surface area contributed by atoms with Gasteiger partial charge in [0.05, 0.1) is 10.6 Å². The number of hydrogen-bond donors (Lipinski definition) is 0. The molecule has 0 atom stereocenters. The number of hydrogen-bond acceptors (Lipinski definition) is 4. The van der Waals surface area contributed by atoms with Crippen molar-refractivity contribution < 1.29 is 4.79 Å². The lowest BCUT2D eigenvalue weighted by atomic mass is 10.2. The molecule has 0 radical (unpaired) electrons. The minimum absolute atomic E-state index is 0.751. The summed E-state index contributed by atoms with van der Waals surface area (Å²) in [6, 6.07) is 0. The van der Waals surface area contributed by atoms with Crippen LogP contribution in [0.5, 0.6) is 0 Å². The summed E-state index contributed by atoms with van der Waals surface area (Å²) < 4.78 is 3.77. The molecule has 3 nitrogen and oxygen atoms in total. The van der Waals surface area contributed by atoms with Crippen LogP contribution in [0.3, 0.4) is 0 Å². The van der Waals surface area contributed by atoms with E-state index in [9.17, 15) is 4.79 Å². The largest absolute Gasteiger partial charge is 0.298 e. The molecule has 0 bridgehead atoms. The van der Waals surface area contributed by atoms with Crippen LogP contribution < -0.4 is 0 Å². The maximum Gasteiger partial charge on any atom is 0.146 e. The van der Waals surface area contributed by atoms with Crippen molar-refractivity contribution in [3.05, 3.63) is 16.1 Å². The van der Waals surface area contributed by atoms with Gasteiger partial charge in [-0.2, -0.15) is 0 Å². The average molecular weight is 182 g/mol. The van der Waals surface area contributed by atoms with Gasteiger partial charge in [-0.15, -0.1) is 5.10 Å². The summed E-state index contributed by atoms with van der Waals surface area (Å²) in [6.45, 7) is 3.83. The molecule has 1 heterocycles. The predicted molar refractivity (Wildman–Crippen MR) is 49.0 cm³/mol. The zero-order valence-electron chi connectivity index (χ0n) is 7.07. The highest BCUT2D eigenvalue weighted by Gasteiger charge is 2.00. The number of rotatable bonds is 3. The lowest BCUT2D eigenvalue weighted by Gasteiger charge is -1.90. The summed E-state index contributed by atoms with van der Waals surface area (Å²) in [6.07, 6.45) is 3.47. The Morgan fingerprint density at radius 3 is 2.83 bits per heavy atom. The first-order valence-electron chi connectivity index (χ1n) is 3.72. The second kappa shape index (κ2) is 4.11. The monoisotopic (exact) mass is 182 g/mol. The van der Waals surface area contributed by atoms with E-state index in [1.54, 1.807) is 0 Å². The molecule has 64 valence electrons. The minimum Gasteiger partial charge on any atom is -0.298 e. The molecule has 4 heteroatoms. The third-order valence-electron chi connectivity index (χ3n) is 1.56. The first-order chi connectivity index (χ1) is 5.77. The maximum atomic E-state index is 10.5. The normalized spacial score (nSPS) is 11.7. The standard InChI is InChI=1S/C8H10N2OS/c1-3-7(5-11)4-8-6(2)9-10-12-8/h4-5H,3H2,1-2H3/b7-4-. The topological polar surface area (TPSA) is 42.9 Å². The summed E-state index contributed by atoms with van der Waals surface area (Å²) in [5.41, 5.74) is 1.66. The van der Waals surface area contributed by atoms with Crippen LogP contribution in [0.4, 0.5) is 0 Å². The number of allylic oxidation sites excluding steroid dienone is 1. The van der Waals surface area contributed by atoms with Crippen LogP contribution in [0.25, 0.3) is 6.08 Å². The molecule has 0 amide bonds. The Balaban J connectivity index is 2.92. The maximum absolute atomic E-state index is 10.5. The molecule has 0 spiro atoms. The number of aldehydes is 1.